The molecule has 1 amide bonds. The van der Waals surface area contributed by atoms with E-state index in [1.165, 1.54) is 0 Å². The van der Waals surface area contributed by atoms with Crippen LogP contribution in [0.2, 0.25) is 0 Å². The van der Waals surface area contributed by atoms with Gasteiger partial charge in [0.2, 0.25) is 11.8 Å². The molecule has 3 aliphatic rings. The fourth-order valence-corrected chi connectivity index (χ4v) is 5.27. The maximum absolute atomic E-state index is 13.1. The molecule has 2 aromatic heterocycles. The number of nitrogens with zero attached hydrogens (tertiary/aromatic N) is 5. The van der Waals surface area contributed by atoms with Gasteiger partial charge in [-0.25, -0.2) is 9.97 Å². The maximum atomic E-state index is 13.1. The van der Waals surface area contributed by atoms with Crippen molar-refractivity contribution in [2.75, 3.05) is 31.7 Å². The third kappa shape index (κ3) is 3.56. The second kappa shape index (κ2) is 8.40. The fraction of sp³-hybridized carbons (Fsp3) is 0.500. The lowest BCUT2D eigenvalue weighted by Crippen LogP contribution is -2.56. The first kappa shape index (κ1) is 20.7. The van der Waals surface area contributed by atoms with Crippen molar-refractivity contribution in [1.82, 2.24) is 14.9 Å². The minimum atomic E-state index is -0.484. The molecule has 0 N–H and O–H groups in total. The minimum absolute atomic E-state index is 0.0310. The van der Waals surface area contributed by atoms with E-state index in [4.69, 9.17) is 14.7 Å². The number of nitriles is 1. The first-order valence-corrected chi connectivity index (χ1v) is 11.2. The number of carbonyl (C=O) groups is 1. The van der Waals surface area contributed by atoms with Crippen molar-refractivity contribution in [3.8, 4) is 11.9 Å². The summed E-state index contributed by atoms with van der Waals surface area (Å²) < 4.78 is 11.7. The van der Waals surface area contributed by atoms with Crippen LogP contribution in [0.15, 0.2) is 36.7 Å². The van der Waals surface area contributed by atoms with Crippen LogP contribution >= 0.6 is 0 Å². The molecule has 2 unspecified atom stereocenters. The molecule has 2 saturated heterocycles. The molecule has 32 heavy (non-hydrogen) atoms. The number of hydrogen-bond donors (Lipinski definition) is 0. The summed E-state index contributed by atoms with van der Waals surface area (Å²) >= 11 is 0. The van der Waals surface area contributed by atoms with Gasteiger partial charge in [0.25, 0.3) is 0 Å². The monoisotopic (exact) mass is 433 g/mol. The van der Waals surface area contributed by atoms with Crippen LogP contribution in [-0.2, 0) is 15.1 Å². The highest BCUT2D eigenvalue weighted by Crippen LogP contribution is 2.47. The average molecular weight is 434 g/mol. The van der Waals surface area contributed by atoms with Crippen LogP contribution in [0.4, 0.5) is 5.82 Å². The highest BCUT2D eigenvalue weighted by molar-refractivity contribution is 5.78. The highest BCUT2D eigenvalue weighted by Gasteiger charge is 2.45. The molecule has 0 aromatic carbocycles. The Morgan fingerprint density at radius 3 is 2.59 bits per heavy atom. The number of carbonyl (C=O) groups excluding carboxylic acids is 1. The van der Waals surface area contributed by atoms with Crippen LogP contribution in [0.25, 0.3) is 0 Å². The summed E-state index contributed by atoms with van der Waals surface area (Å²) in [5, 5.41) is 9.01. The Morgan fingerprint density at radius 1 is 1.22 bits per heavy atom. The predicted octanol–water partition coefficient (Wildman–Crippen LogP) is 2.63. The average Bonchev–Trinajstić information content (AvgIpc) is 3.07. The van der Waals surface area contributed by atoms with Crippen LogP contribution in [-0.4, -0.2) is 59.7 Å². The lowest BCUT2D eigenvalue weighted by Gasteiger charge is -2.44. The van der Waals surface area contributed by atoms with Gasteiger partial charge in [0.15, 0.2) is 0 Å². The van der Waals surface area contributed by atoms with Crippen molar-refractivity contribution in [1.29, 1.82) is 5.26 Å². The first-order chi connectivity index (χ1) is 15.6. The van der Waals surface area contributed by atoms with E-state index < -0.39 is 5.60 Å². The van der Waals surface area contributed by atoms with E-state index in [-0.39, 0.29) is 24.6 Å². The van der Waals surface area contributed by atoms with Crippen molar-refractivity contribution < 1.29 is 14.3 Å². The summed E-state index contributed by atoms with van der Waals surface area (Å²) in [6.07, 6.45) is 8.19. The summed E-state index contributed by atoms with van der Waals surface area (Å²) in [6.45, 7) is 1.40. The molecule has 1 aliphatic carbocycles. The largest absolute Gasteiger partial charge is 0.481 e. The van der Waals surface area contributed by atoms with Gasteiger partial charge < -0.3 is 19.3 Å². The van der Waals surface area contributed by atoms with Gasteiger partial charge in [-0.3, -0.25) is 4.79 Å². The van der Waals surface area contributed by atoms with Gasteiger partial charge in [0, 0.05) is 43.1 Å². The van der Waals surface area contributed by atoms with Crippen LogP contribution in [0.1, 0.15) is 43.2 Å². The molecule has 2 aliphatic heterocycles. The molecule has 4 heterocycles. The van der Waals surface area contributed by atoms with Gasteiger partial charge in [-0.2, -0.15) is 5.26 Å². The Morgan fingerprint density at radius 2 is 2.00 bits per heavy atom. The summed E-state index contributed by atoms with van der Waals surface area (Å²) in [7, 11) is 1.61. The van der Waals surface area contributed by atoms with E-state index in [0.717, 1.165) is 43.5 Å². The highest BCUT2D eigenvalue weighted by atomic mass is 16.5. The molecule has 8 nitrogen and oxygen atoms in total. The number of piperazine rings is 1. The smallest absolute Gasteiger partial charge is 0.248 e. The molecule has 5 rings (SSSR count). The lowest BCUT2D eigenvalue weighted by molar-refractivity contribution is -0.154. The number of aromatic nitrogens is 2. The van der Waals surface area contributed by atoms with Gasteiger partial charge in [0.1, 0.15) is 18.5 Å². The predicted molar refractivity (Wildman–Crippen MR) is 117 cm³/mol. The zero-order valence-electron chi connectivity index (χ0n) is 18.2. The van der Waals surface area contributed by atoms with E-state index in [1.54, 1.807) is 25.6 Å². The van der Waals surface area contributed by atoms with E-state index in [2.05, 4.69) is 20.9 Å². The van der Waals surface area contributed by atoms with Crippen LogP contribution < -0.4 is 9.64 Å². The van der Waals surface area contributed by atoms with Crippen molar-refractivity contribution in [2.45, 2.75) is 49.8 Å². The Balaban J connectivity index is 1.24. The van der Waals surface area contributed by atoms with Crippen LogP contribution in [0.5, 0.6) is 5.88 Å². The normalized spacial score (nSPS) is 23.4. The van der Waals surface area contributed by atoms with Gasteiger partial charge in [-0.05, 0) is 56.4 Å². The number of rotatable bonds is 6. The van der Waals surface area contributed by atoms with Crippen molar-refractivity contribution in [2.24, 2.45) is 0 Å². The van der Waals surface area contributed by atoms with Gasteiger partial charge in [0.05, 0.1) is 18.3 Å². The maximum Gasteiger partial charge on any atom is 0.248 e. The van der Waals surface area contributed by atoms with E-state index in [1.807, 2.05) is 23.1 Å². The van der Waals surface area contributed by atoms with Crippen molar-refractivity contribution in [3.05, 3.63) is 47.8 Å². The number of amides is 1. The SMILES string of the molecule is COc1ncccc1C1(OCC(=O)N2CC3CCC(C2)N3c2ccc(C#N)cn2)CCC1. The first-order valence-electron chi connectivity index (χ1n) is 11.2. The number of methoxy groups -OCH3 is 1. The molecule has 8 heteroatoms. The molecule has 0 radical (unpaired) electrons. The second-order valence-electron chi connectivity index (χ2n) is 8.80. The second-order valence-corrected chi connectivity index (χ2v) is 8.80. The van der Waals surface area contributed by atoms with Crippen LogP contribution in [0, 0.1) is 11.3 Å². The van der Waals surface area contributed by atoms with Crippen molar-refractivity contribution in [3.63, 3.8) is 0 Å². The third-order valence-corrected chi connectivity index (χ3v) is 7.06. The summed E-state index contributed by atoms with van der Waals surface area (Å²) in [4.78, 5) is 26.1. The zero-order valence-corrected chi connectivity index (χ0v) is 18.2. The molecule has 2 atom stereocenters. The molecule has 2 bridgehead atoms. The van der Waals surface area contributed by atoms with Crippen LogP contribution in [0.3, 0.4) is 0 Å². The molecular formula is C24H27N5O3. The quantitative estimate of drug-likeness (QED) is 0.691. The Bertz CT molecular complexity index is 1020. The molecule has 2 aromatic rings. The van der Waals surface area contributed by atoms with E-state index >= 15 is 0 Å². The van der Waals surface area contributed by atoms with Gasteiger partial charge in [-0.15, -0.1) is 0 Å². The Kier molecular flexibility index (Phi) is 5.43. The van der Waals surface area contributed by atoms with Gasteiger partial charge >= 0.3 is 0 Å². The number of hydrogen-bond acceptors (Lipinski definition) is 7. The topological polar surface area (TPSA) is 91.6 Å². The number of ether oxygens (including phenoxy) is 2. The van der Waals surface area contributed by atoms with Gasteiger partial charge in [-0.1, -0.05) is 0 Å². The molecular weight excluding hydrogens is 406 g/mol. The van der Waals surface area contributed by atoms with Crippen molar-refractivity contribution >= 4 is 11.7 Å². The standard InChI is InChI=1S/C24H27N5O3/c1-31-23-20(4-2-11-26-23)24(9-3-10-24)32-16-22(30)28-14-18-6-7-19(15-28)29(18)21-8-5-17(12-25)13-27-21/h2,4-5,8,11,13,18-19H,3,6-7,9-10,14-16H2,1H3. The number of likely N-dealkylation sites (tertiary alicyclic amines) is 1. The third-order valence-electron chi connectivity index (χ3n) is 7.06. The van der Waals surface area contributed by atoms with E-state index in [0.29, 0.717) is 24.5 Å². The van der Waals surface area contributed by atoms with E-state index in [9.17, 15) is 4.79 Å². The molecule has 1 saturated carbocycles. The Labute approximate surface area is 187 Å². The lowest BCUT2D eigenvalue weighted by atomic mass is 9.75. The fourth-order valence-electron chi connectivity index (χ4n) is 5.27. The summed E-state index contributed by atoms with van der Waals surface area (Å²) in [5.41, 5.74) is 1.00. The number of anilines is 1. The summed E-state index contributed by atoms with van der Waals surface area (Å²) in [6, 6.07) is 10.2. The zero-order chi connectivity index (χ0) is 22.1. The number of fused-ring (bicyclic) bond motifs is 2. The molecule has 166 valence electrons. The summed E-state index contributed by atoms with van der Waals surface area (Å²) in [5.74, 6) is 1.49. The molecule has 0 spiro atoms. The molecule has 3 fully saturated rings. The minimum Gasteiger partial charge on any atom is -0.481 e. The number of pyridine rings is 2. The Hall–Kier alpha value is -3.18.